The van der Waals surface area contributed by atoms with Gasteiger partial charge in [-0.25, -0.2) is 9.78 Å². The second kappa shape index (κ2) is 8.82. The molecule has 6 nitrogen and oxygen atoms in total. The minimum absolute atomic E-state index is 0.0648. The summed E-state index contributed by atoms with van der Waals surface area (Å²) in [6, 6.07) is 12.2. The van der Waals surface area contributed by atoms with Crippen molar-refractivity contribution in [3.63, 3.8) is 0 Å². The Kier molecular flexibility index (Phi) is 6.25. The highest BCUT2D eigenvalue weighted by Crippen LogP contribution is 2.22. The Labute approximate surface area is 157 Å². The Morgan fingerprint density at radius 1 is 1.15 bits per heavy atom. The van der Waals surface area contributed by atoms with Crippen molar-refractivity contribution in [2.45, 2.75) is 17.9 Å². The number of aromatic nitrogens is 1. The van der Waals surface area contributed by atoms with Crippen LogP contribution in [0.1, 0.15) is 23.2 Å². The van der Waals surface area contributed by atoms with Crippen LogP contribution in [0, 0.1) is 5.92 Å². The van der Waals surface area contributed by atoms with Gasteiger partial charge in [0.05, 0.1) is 0 Å². The number of amides is 2. The number of hydrogen-bond donors (Lipinski definition) is 2. The zero-order valence-electron chi connectivity index (χ0n) is 14.6. The topological polar surface area (TPSA) is 74.3 Å². The number of nitrogens with one attached hydrogen (secondary N) is 2. The number of piperidine rings is 1. The van der Waals surface area contributed by atoms with Crippen molar-refractivity contribution < 1.29 is 9.59 Å². The zero-order chi connectivity index (χ0) is 18.4. The van der Waals surface area contributed by atoms with E-state index in [0.717, 1.165) is 37.9 Å². The van der Waals surface area contributed by atoms with Gasteiger partial charge in [0.2, 0.25) is 0 Å². The summed E-state index contributed by atoms with van der Waals surface area (Å²) in [6.45, 7) is 1.89. The number of Topliss-reactive ketones (excluding diaryl/α,β-unsaturated/α-hetero) is 1. The third-order valence-electron chi connectivity index (χ3n) is 4.38. The molecule has 0 saturated carbocycles. The molecule has 0 atom stereocenters. The molecule has 0 bridgehead atoms. The zero-order valence-corrected chi connectivity index (χ0v) is 15.5. The van der Waals surface area contributed by atoms with E-state index >= 15 is 0 Å². The molecule has 2 aromatic rings. The van der Waals surface area contributed by atoms with Gasteiger partial charge in [-0.05, 0) is 57.2 Å². The second-order valence-electron chi connectivity index (χ2n) is 6.35. The molecule has 0 aliphatic carbocycles. The quantitative estimate of drug-likeness (QED) is 0.623. The lowest BCUT2D eigenvalue weighted by atomic mass is 9.89. The molecule has 26 heavy (non-hydrogen) atoms. The SMILES string of the molecule is CN1CCC(C(=O)c2cccc(NC(=O)NSc3ccccn3)c2)CC1. The van der Waals surface area contributed by atoms with Crippen LogP contribution in [-0.4, -0.2) is 41.8 Å². The molecule has 3 rings (SSSR count). The first-order valence-electron chi connectivity index (χ1n) is 8.59. The minimum atomic E-state index is -0.357. The van der Waals surface area contributed by atoms with E-state index in [0.29, 0.717) is 16.3 Å². The average molecular weight is 370 g/mol. The maximum atomic E-state index is 12.7. The van der Waals surface area contributed by atoms with Crippen LogP contribution in [-0.2, 0) is 0 Å². The van der Waals surface area contributed by atoms with E-state index in [2.05, 4.69) is 27.0 Å². The molecule has 136 valence electrons. The van der Waals surface area contributed by atoms with Gasteiger partial charge in [-0.1, -0.05) is 18.2 Å². The molecule has 7 heteroatoms. The fraction of sp³-hybridized carbons (Fsp3) is 0.316. The molecular formula is C19H22N4O2S. The van der Waals surface area contributed by atoms with E-state index in [4.69, 9.17) is 0 Å². The van der Waals surface area contributed by atoms with Gasteiger partial charge in [0.15, 0.2) is 5.78 Å². The smallest absolute Gasteiger partial charge is 0.307 e. The van der Waals surface area contributed by atoms with Crippen molar-refractivity contribution >= 4 is 29.4 Å². The highest BCUT2D eigenvalue weighted by molar-refractivity contribution is 7.97. The number of ketones is 1. The lowest BCUT2D eigenvalue weighted by Crippen LogP contribution is -2.33. The number of urea groups is 1. The maximum Gasteiger partial charge on any atom is 0.329 e. The summed E-state index contributed by atoms with van der Waals surface area (Å²) in [6.07, 6.45) is 3.43. The Bertz CT molecular complexity index is 761. The largest absolute Gasteiger partial charge is 0.329 e. The van der Waals surface area contributed by atoms with Gasteiger partial charge >= 0.3 is 6.03 Å². The number of likely N-dealkylation sites (tertiary alicyclic amines) is 1. The van der Waals surface area contributed by atoms with E-state index < -0.39 is 0 Å². The van der Waals surface area contributed by atoms with Crippen LogP contribution >= 0.6 is 11.9 Å². The van der Waals surface area contributed by atoms with Gasteiger partial charge in [0.25, 0.3) is 0 Å². The molecule has 1 aromatic heterocycles. The van der Waals surface area contributed by atoms with Crippen molar-refractivity contribution in [3.05, 3.63) is 54.2 Å². The van der Waals surface area contributed by atoms with Crippen LogP contribution in [0.5, 0.6) is 0 Å². The third-order valence-corrected chi connectivity index (χ3v) is 5.12. The molecule has 2 amide bonds. The van der Waals surface area contributed by atoms with E-state index in [1.54, 1.807) is 24.4 Å². The molecule has 1 fully saturated rings. The minimum Gasteiger partial charge on any atom is -0.307 e. The number of carbonyl (C=O) groups is 2. The normalized spacial score (nSPS) is 15.4. The Hall–Kier alpha value is -2.38. The molecule has 0 radical (unpaired) electrons. The third kappa shape index (κ3) is 5.06. The Morgan fingerprint density at radius 3 is 2.69 bits per heavy atom. The summed E-state index contributed by atoms with van der Waals surface area (Å²) in [4.78, 5) is 31.1. The van der Waals surface area contributed by atoms with Gasteiger partial charge in [-0.3, -0.25) is 9.52 Å². The standard InChI is InChI=1S/C19H22N4O2S/c1-23-11-8-14(9-12-23)18(24)15-5-4-6-16(13-15)21-19(25)22-26-17-7-2-3-10-20-17/h2-7,10,13-14H,8-9,11-12H2,1H3,(H2,21,22,25). The van der Waals surface area contributed by atoms with Crippen molar-refractivity contribution in [1.29, 1.82) is 0 Å². The predicted octanol–water partition coefficient (Wildman–Crippen LogP) is 3.43. The molecule has 1 aliphatic rings. The van der Waals surface area contributed by atoms with Gasteiger partial charge in [0.1, 0.15) is 5.03 Å². The van der Waals surface area contributed by atoms with Crippen LogP contribution in [0.15, 0.2) is 53.7 Å². The number of nitrogens with zero attached hydrogens (tertiary/aromatic N) is 2. The highest BCUT2D eigenvalue weighted by atomic mass is 32.2. The fourth-order valence-electron chi connectivity index (χ4n) is 2.92. The maximum absolute atomic E-state index is 12.7. The molecule has 2 N–H and O–H groups in total. The lowest BCUT2D eigenvalue weighted by molar-refractivity contribution is 0.0857. The molecule has 0 unspecified atom stereocenters. The average Bonchev–Trinajstić information content (AvgIpc) is 2.67. The van der Waals surface area contributed by atoms with Crippen LogP contribution in [0.3, 0.4) is 0 Å². The van der Waals surface area contributed by atoms with Crippen molar-refractivity contribution in [1.82, 2.24) is 14.6 Å². The van der Waals surface area contributed by atoms with Gasteiger partial charge in [-0.2, -0.15) is 0 Å². The number of anilines is 1. The Balaban J connectivity index is 1.56. The Morgan fingerprint density at radius 2 is 1.96 bits per heavy atom. The summed E-state index contributed by atoms with van der Waals surface area (Å²) in [7, 11) is 2.08. The molecule has 1 aromatic carbocycles. The predicted molar refractivity (Wildman–Crippen MR) is 103 cm³/mol. The van der Waals surface area contributed by atoms with E-state index in [1.807, 2.05) is 24.3 Å². The summed E-state index contributed by atoms with van der Waals surface area (Å²) in [5.41, 5.74) is 1.25. The monoisotopic (exact) mass is 370 g/mol. The number of rotatable bonds is 5. The van der Waals surface area contributed by atoms with Gasteiger partial charge < -0.3 is 10.2 Å². The first kappa shape index (κ1) is 18.4. The van der Waals surface area contributed by atoms with Gasteiger partial charge in [0, 0.05) is 35.3 Å². The summed E-state index contributed by atoms with van der Waals surface area (Å²) in [5, 5.41) is 3.46. The summed E-state index contributed by atoms with van der Waals surface area (Å²) >= 11 is 1.14. The fourth-order valence-corrected chi connectivity index (χ4v) is 3.43. The van der Waals surface area contributed by atoms with E-state index in [9.17, 15) is 9.59 Å². The van der Waals surface area contributed by atoms with E-state index in [1.165, 1.54) is 0 Å². The molecule has 0 spiro atoms. The molecule has 1 saturated heterocycles. The molecule has 2 heterocycles. The van der Waals surface area contributed by atoms with Crippen molar-refractivity contribution in [2.75, 3.05) is 25.5 Å². The number of hydrogen-bond acceptors (Lipinski definition) is 5. The first-order valence-corrected chi connectivity index (χ1v) is 9.41. The number of carbonyl (C=O) groups excluding carboxylic acids is 2. The second-order valence-corrected chi connectivity index (χ2v) is 7.18. The molecule has 1 aliphatic heterocycles. The van der Waals surface area contributed by atoms with Crippen LogP contribution < -0.4 is 10.0 Å². The van der Waals surface area contributed by atoms with Crippen molar-refractivity contribution in [2.24, 2.45) is 5.92 Å². The van der Waals surface area contributed by atoms with Gasteiger partial charge in [-0.15, -0.1) is 0 Å². The summed E-state index contributed by atoms with van der Waals surface area (Å²) in [5.74, 6) is 0.222. The van der Waals surface area contributed by atoms with Crippen LogP contribution in [0.2, 0.25) is 0 Å². The summed E-state index contributed by atoms with van der Waals surface area (Å²) < 4.78 is 2.68. The number of benzene rings is 1. The molecular weight excluding hydrogens is 348 g/mol. The van der Waals surface area contributed by atoms with Crippen LogP contribution in [0.4, 0.5) is 10.5 Å². The number of pyridine rings is 1. The highest BCUT2D eigenvalue weighted by Gasteiger charge is 2.24. The van der Waals surface area contributed by atoms with Crippen molar-refractivity contribution in [3.8, 4) is 0 Å². The first-order chi connectivity index (χ1) is 12.6. The van der Waals surface area contributed by atoms with E-state index in [-0.39, 0.29) is 17.7 Å². The lowest BCUT2D eigenvalue weighted by Gasteiger charge is -2.28. The van der Waals surface area contributed by atoms with Crippen LogP contribution in [0.25, 0.3) is 0 Å².